The number of nitrogens with zero attached hydrogens (tertiary/aromatic N) is 8. The molecule has 3 aromatic heterocycles. The van der Waals surface area contributed by atoms with E-state index in [1.807, 2.05) is 76.2 Å². The largest absolute Gasteiger partial charge is 0.301 e. The molecule has 0 N–H and O–H groups in total. The van der Waals surface area contributed by atoms with E-state index in [2.05, 4.69) is 49.9 Å². The molecule has 1 aliphatic heterocycles. The molecule has 1 aromatic carbocycles. The average molecular weight is 575 g/mol. The summed E-state index contributed by atoms with van der Waals surface area (Å²) in [6.45, 7) is 15.8. The lowest BCUT2D eigenvalue weighted by molar-refractivity contribution is 0.0744. The molecule has 1 atom stereocenters. The lowest BCUT2D eigenvalue weighted by Crippen LogP contribution is -2.65. The van der Waals surface area contributed by atoms with Crippen molar-refractivity contribution < 1.29 is 4.21 Å². The van der Waals surface area contributed by atoms with E-state index in [1.165, 1.54) is 0 Å². The number of benzene rings is 1. The van der Waals surface area contributed by atoms with E-state index in [1.54, 1.807) is 12.5 Å². The Morgan fingerprint density at radius 2 is 1.85 bits per heavy atom. The zero-order chi connectivity index (χ0) is 28.9. The Kier molecular flexibility index (Phi) is 7.01. The zero-order valence-electron chi connectivity index (χ0n) is 24.4. The lowest BCUT2D eigenvalue weighted by atomic mass is 9.89. The second kappa shape index (κ2) is 9.94. The second-order valence-corrected chi connectivity index (χ2v) is 20.4. The summed E-state index contributed by atoms with van der Waals surface area (Å²) in [6.07, 6.45) is 7.59. The van der Waals surface area contributed by atoms with Crippen LogP contribution in [0, 0.1) is 11.3 Å². The molecule has 0 spiro atoms. The van der Waals surface area contributed by atoms with Crippen LogP contribution in [0.2, 0.25) is 18.1 Å². The maximum Gasteiger partial charge on any atom is 0.194 e. The molecule has 9 nitrogen and oxygen atoms in total. The Morgan fingerprint density at radius 1 is 1.15 bits per heavy atom. The number of para-hydroxylation sites is 1. The van der Waals surface area contributed by atoms with Gasteiger partial charge in [0.2, 0.25) is 0 Å². The molecule has 0 amide bonds. The summed E-state index contributed by atoms with van der Waals surface area (Å²) in [5, 5.41) is 15.3. The minimum absolute atomic E-state index is 0.0155. The van der Waals surface area contributed by atoms with Gasteiger partial charge in [-0.25, -0.2) is 18.5 Å². The standard InChI is InChI=1S/C29H38N8OSSi/c1-22(2)39(38,34-40(6,7)28(3,4)5)35-19-29(20-35,14-15-30)37-18-23(17-33-37)26-25-13-16-36(27(25)32-21-31-26)24-11-9-8-10-12-24/h8-13,16-18,21-22H,14,19-20H2,1-7H3. The molecule has 0 radical (unpaired) electrons. The molecule has 210 valence electrons. The van der Waals surface area contributed by atoms with Crippen molar-refractivity contribution >= 4 is 29.2 Å². The minimum Gasteiger partial charge on any atom is -0.301 e. The molecule has 40 heavy (non-hydrogen) atoms. The van der Waals surface area contributed by atoms with Gasteiger partial charge in [-0.3, -0.25) is 8.71 Å². The number of nitriles is 1. The van der Waals surface area contributed by atoms with E-state index in [0.717, 1.165) is 28.0 Å². The average Bonchev–Trinajstić information content (AvgIpc) is 3.53. The Labute approximate surface area is 238 Å². The van der Waals surface area contributed by atoms with Gasteiger partial charge in [-0.15, -0.1) is 0 Å². The zero-order valence-corrected chi connectivity index (χ0v) is 26.2. The number of rotatable bonds is 7. The third kappa shape index (κ3) is 4.68. The maximum absolute atomic E-state index is 14.4. The third-order valence-electron chi connectivity index (χ3n) is 8.39. The van der Waals surface area contributed by atoms with Crippen molar-refractivity contribution in [3.8, 4) is 23.0 Å². The summed E-state index contributed by atoms with van der Waals surface area (Å²) in [7, 11) is -4.81. The summed E-state index contributed by atoms with van der Waals surface area (Å²) in [5.74, 6) is 0. The molecule has 4 heterocycles. The van der Waals surface area contributed by atoms with Crippen molar-refractivity contribution in [3.05, 3.63) is 61.3 Å². The van der Waals surface area contributed by atoms with Crippen molar-refractivity contribution in [1.29, 1.82) is 5.26 Å². The molecule has 1 unspecified atom stereocenters. The third-order valence-corrected chi connectivity index (χ3v) is 17.2. The van der Waals surface area contributed by atoms with Gasteiger partial charge in [-0.1, -0.05) is 39.0 Å². The molecule has 5 rings (SSSR count). The van der Waals surface area contributed by atoms with Gasteiger partial charge in [-0.05, 0) is 50.2 Å². The first kappa shape index (κ1) is 28.2. The Hall–Kier alpha value is -3.33. The van der Waals surface area contributed by atoms with Crippen molar-refractivity contribution in [2.24, 2.45) is 4.03 Å². The molecule has 0 bridgehead atoms. The van der Waals surface area contributed by atoms with E-state index in [9.17, 15) is 9.47 Å². The quantitative estimate of drug-likeness (QED) is 0.252. The number of hydrogen-bond acceptors (Lipinski definition) is 6. The maximum atomic E-state index is 14.4. The van der Waals surface area contributed by atoms with Crippen LogP contribution in [0.1, 0.15) is 41.0 Å². The predicted octanol–water partition coefficient (Wildman–Crippen LogP) is 6.01. The van der Waals surface area contributed by atoms with Gasteiger partial charge < -0.3 is 4.57 Å². The highest BCUT2D eigenvalue weighted by atomic mass is 32.2. The first-order chi connectivity index (χ1) is 18.8. The van der Waals surface area contributed by atoms with E-state index in [4.69, 9.17) is 9.13 Å². The summed E-state index contributed by atoms with van der Waals surface area (Å²) >= 11 is 0. The fraction of sp³-hybridized carbons (Fsp3) is 0.448. The van der Waals surface area contributed by atoms with Crippen LogP contribution in [0.5, 0.6) is 0 Å². The Morgan fingerprint density at radius 3 is 2.48 bits per heavy atom. The minimum atomic E-state index is -2.64. The topological polar surface area (TPSA) is 105 Å². The summed E-state index contributed by atoms with van der Waals surface area (Å²) in [6, 6.07) is 14.4. The summed E-state index contributed by atoms with van der Waals surface area (Å²) in [5.41, 5.74) is 2.90. The summed E-state index contributed by atoms with van der Waals surface area (Å²) < 4.78 is 25.4. The molecule has 1 saturated heterocycles. The van der Waals surface area contributed by atoms with E-state index in [0.29, 0.717) is 13.1 Å². The monoisotopic (exact) mass is 574 g/mol. The van der Waals surface area contributed by atoms with Gasteiger partial charge in [0.15, 0.2) is 8.24 Å². The van der Waals surface area contributed by atoms with Gasteiger partial charge in [-0.2, -0.15) is 10.4 Å². The predicted molar refractivity (Wildman–Crippen MR) is 163 cm³/mol. The Bertz CT molecular complexity index is 1690. The van der Waals surface area contributed by atoms with Crippen LogP contribution in [0.25, 0.3) is 28.0 Å². The Balaban J connectivity index is 1.49. The van der Waals surface area contributed by atoms with Gasteiger partial charge in [0.1, 0.15) is 27.4 Å². The fourth-order valence-electron chi connectivity index (χ4n) is 4.89. The highest BCUT2D eigenvalue weighted by molar-refractivity contribution is 7.92. The molecule has 11 heteroatoms. The summed E-state index contributed by atoms with van der Waals surface area (Å²) in [4.78, 5) is 9.15. The van der Waals surface area contributed by atoms with Crippen LogP contribution in [0.3, 0.4) is 0 Å². The number of fused-ring (bicyclic) bond motifs is 1. The molecular weight excluding hydrogens is 537 g/mol. The SMILES string of the molecule is CC(C)S(=O)(=N[Si](C)(C)C(C)(C)C)N1CC(CC#N)(n2cc(-c3ncnc4c3ccn4-c3ccccc3)cn2)C1. The normalized spacial score (nSPS) is 17.4. The molecule has 1 fully saturated rings. The molecule has 4 aromatic rings. The van der Waals surface area contributed by atoms with Gasteiger partial charge in [0, 0.05) is 42.1 Å². The van der Waals surface area contributed by atoms with Crippen LogP contribution >= 0.6 is 0 Å². The fourth-order valence-corrected chi connectivity index (χ4v) is 11.4. The lowest BCUT2D eigenvalue weighted by Gasteiger charge is -2.51. The number of hydrogen-bond donors (Lipinski definition) is 0. The van der Waals surface area contributed by atoms with Gasteiger partial charge in [0.25, 0.3) is 0 Å². The first-order valence-electron chi connectivity index (χ1n) is 13.6. The van der Waals surface area contributed by atoms with Crippen LogP contribution in [0.15, 0.2) is 65.3 Å². The molecule has 1 aliphatic rings. The van der Waals surface area contributed by atoms with E-state index < -0.39 is 23.7 Å². The second-order valence-electron chi connectivity index (χ2n) is 12.5. The smallest absolute Gasteiger partial charge is 0.194 e. The van der Waals surface area contributed by atoms with E-state index >= 15 is 0 Å². The van der Waals surface area contributed by atoms with Crippen LogP contribution < -0.4 is 0 Å². The van der Waals surface area contributed by atoms with Crippen LogP contribution in [0.4, 0.5) is 0 Å². The van der Waals surface area contributed by atoms with Crippen molar-refractivity contribution in [2.75, 3.05) is 13.1 Å². The van der Waals surface area contributed by atoms with E-state index in [-0.39, 0.29) is 16.7 Å². The van der Waals surface area contributed by atoms with Crippen LogP contribution in [-0.4, -0.2) is 59.4 Å². The van der Waals surface area contributed by atoms with Crippen molar-refractivity contribution in [1.82, 2.24) is 28.6 Å². The van der Waals surface area contributed by atoms with Crippen molar-refractivity contribution in [3.63, 3.8) is 0 Å². The van der Waals surface area contributed by atoms with Crippen LogP contribution in [-0.2, 0) is 15.5 Å². The molecular formula is C29H38N8OSSi. The highest BCUT2D eigenvalue weighted by Gasteiger charge is 2.51. The number of aromatic nitrogens is 5. The van der Waals surface area contributed by atoms with Gasteiger partial charge in [0.05, 0.1) is 29.6 Å². The van der Waals surface area contributed by atoms with Crippen molar-refractivity contribution in [2.45, 2.75) is 70.0 Å². The first-order valence-corrected chi connectivity index (χ1v) is 18.1. The van der Waals surface area contributed by atoms with Gasteiger partial charge >= 0.3 is 0 Å². The highest BCUT2D eigenvalue weighted by Crippen LogP contribution is 2.42. The molecule has 0 saturated carbocycles. The molecule has 0 aliphatic carbocycles.